The van der Waals surface area contributed by atoms with E-state index in [1.54, 1.807) is 14.2 Å². The minimum atomic E-state index is -0.463. The monoisotopic (exact) mass is 417 g/mol. The lowest BCUT2D eigenvalue weighted by atomic mass is 9.74. The van der Waals surface area contributed by atoms with E-state index in [2.05, 4.69) is 30.9 Å². The number of ether oxygens (including phenoxy) is 3. The summed E-state index contributed by atoms with van der Waals surface area (Å²) in [5.74, 6) is 3.04. The second-order valence-electron chi connectivity index (χ2n) is 10.4. The van der Waals surface area contributed by atoms with Crippen molar-refractivity contribution in [3.8, 4) is 11.5 Å². The molecule has 3 atom stereocenters. The molecule has 2 aliphatic rings. The molecule has 2 heterocycles. The van der Waals surface area contributed by atoms with E-state index >= 15 is 0 Å². The molecule has 0 radical (unpaired) electrons. The van der Waals surface area contributed by atoms with Gasteiger partial charge in [0.15, 0.2) is 11.5 Å². The molecule has 1 fully saturated rings. The zero-order valence-electron chi connectivity index (χ0n) is 19.8. The van der Waals surface area contributed by atoms with Gasteiger partial charge in [-0.1, -0.05) is 13.8 Å². The summed E-state index contributed by atoms with van der Waals surface area (Å²) >= 11 is 0. The first-order valence-electron chi connectivity index (χ1n) is 11.3. The van der Waals surface area contributed by atoms with Gasteiger partial charge in [-0.2, -0.15) is 0 Å². The van der Waals surface area contributed by atoms with Gasteiger partial charge in [0.05, 0.1) is 26.2 Å². The molecule has 0 spiro atoms. The largest absolute Gasteiger partial charge is 0.493 e. The van der Waals surface area contributed by atoms with Gasteiger partial charge in [-0.05, 0) is 81.0 Å². The standard InChI is InChI=1S/C25H39NO4/c1-16(2)10-18-14-26-9-8-17-12-22(28-6)23(29-7)13-20(17)21(26)11-19(18)15-30-24(27)25(3,4)5/h12-13,16,18-19,21H,8-11,14-15H2,1-7H3/t18-,19+,21-/m1/s1. The third kappa shape index (κ3) is 4.93. The van der Waals surface area contributed by atoms with Crippen molar-refractivity contribution in [3.05, 3.63) is 23.3 Å². The van der Waals surface area contributed by atoms with Crippen LogP contribution in [0.25, 0.3) is 0 Å². The maximum absolute atomic E-state index is 12.4. The fraction of sp³-hybridized carbons (Fsp3) is 0.720. The van der Waals surface area contributed by atoms with Crippen LogP contribution in [-0.2, 0) is 16.0 Å². The van der Waals surface area contributed by atoms with Crippen LogP contribution in [0.1, 0.15) is 64.6 Å². The molecule has 1 aromatic rings. The first kappa shape index (κ1) is 22.9. The van der Waals surface area contributed by atoms with Crippen LogP contribution in [0, 0.1) is 23.2 Å². The van der Waals surface area contributed by atoms with Crippen molar-refractivity contribution in [2.24, 2.45) is 23.2 Å². The lowest BCUT2D eigenvalue weighted by molar-refractivity contribution is -0.156. The number of nitrogens with zero attached hydrogens (tertiary/aromatic N) is 1. The van der Waals surface area contributed by atoms with Crippen LogP contribution < -0.4 is 9.47 Å². The molecule has 0 bridgehead atoms. The van der Waals surface area contributed by atoms with Gasteiger partial charge in [-0.3, -0.25) is 9.69 Å². The van der Waals surface area contributed by atoms with E-state index in [1.165, 1.54) is 17.5 Å². The fourth-order valence-electron chi connectivity index (χ4n) is 4.98. The first-order valence-corrected chi connectivity index (χ1v) is 11.3. The Bertz CT molecular complexity index is 752. The minimum absolute atomic E-state index is 0.108. The molecule has 2 aliphatic heterocycles. The molecule has 0 aliphatic carbocycles. The quantitative estimate of drug-likeness (QED) is 0.618. The summed E-state index contributed by atoms with van der Waals surface area (Å²) in [6, 6.07) is 4.64. The molecule has 5 nitrogen and oxygen atoms in total. The lowest BCUT2D eigenvalue weighted by Gasteiger charge is -2.47. The summed E-state index contributed by atoms with van der Waals surface area (Å²) in [6.07, 6.45) is 3.21. The van der Waals surface area contributed by atoms with Gasteiger partial charge < -0.3 is 14.2 Å². The SMILES string of the molecule is COc1cc2c(cc1OC)[C@H]1C[C@@H](COC(=O)C(C)(C)C)[C@H](CC(C)C)CN1CC2. The highest BCUT2D eigenvalue weighted by atomic mass is 16.5. The number of benzene rings is 1. The number of piperidine rings is 1. The van der Waals surface area contributed by atoms with Crippen molar-refractivity contribution in [1.82, 2.24) is 4.90 Å². The van der Waals surface area contributed by atoms with Crippen LogP contribution in [-0.4, -0.2) is 44.8 Å². The van der Waals surface area contributed by atoms with Crippen LogP contribution in [0.5, 0.6) is 11.5 Å². The Morgan fingerprint density at radius 2 is 1.80 bits per heavy atom. The first-order chi connectivity index (χ1) is 14.1. The Morgan fingerprint density at radius 1 is 1.13 bits per heavy atom. The molecule has 0 saturated carbocycles. The molecule has 5 heteroatoms. The summed E-state index contributed by atoms with van der Waals surface area (Å²) in [4.78, 5) is 15.0. The van der Waals surface area contributed by atoms with E-state index < -0.39 is 5.41 Å². The van der Waals surface area contributed by atoms with Gasteiger partial charge in [0.2, 0.25) is 0 Å². The van der Waals surface area contributed by atoms with Crippen LogP contribution in [0.4, 0.5) is 0 Å². The van der Waals surface area contributed by atoms with Crippen molar-refractivity contribution in [2.75, 3.05) is 33.9 Å². The van der Waals surface area contributed by atoms with Crippen LogP contribution in [0.15, 0.2) is 12.1 Å². The number of hydrogen-bond acceptors (Lipinski definition) is 5. The van der Waals surface area contributed by atoms with E-state index in [0.29, 0.717) is 30.4 Å². The van der Waals surface area contributed by atoms with Crippen LogP contribution >= 0.6 is 0 Å². The summed E-state index contributed by atoms with van der Waals surface area (Å²) in [6.45, 7) is 13.0. The fourth-order valence-corrected chi connectivity index (χ4v) is 4.98. The lowest BCUT2D eigenvalue weighted by Crippen LogP contribution is -2.47. The molecule has 0 N–H and O–H groups in total. The predicted molar refractivity (Wildman–Crippen MR) is 119 cm³/mol. The molecule has 30 heavy (non-hydrogen) atoms. The number of methoxy groups -OCH3 is 2. The van der Waals surface area contributed by atoms with Gasteiger partial charge in [0.25, 0.3) is 0 Å². The molecule has 3 rings (SSSR count). The van der Waals surface area contributed by atoms with Gasteiger partial charge >= 0.3 is 5.97 Å². The summed E-state index contributed by atoms with van der Waals surface area (Å²) < 4.78 is 16.9. The van der Waals surface area contributed by atoms with Gasteiger partial charge in [0.1, 0.15) is 0 Å². The Hall–Kier alpha value is -1.75. The van der Waals surface area contributed by atoms with E-state index in [9.17, 15) is 4.79 Å². The Morgan fingerprint density at radius 3 is 2.40 bits per heavy atom. The Balaban J connectivity index is 1.84. The molecule has 0 unspecified atom stereocenters. The maximum Gasteiger partial charge on any atom is 0.311 e. The highest BCUT2D eigenvalue weighted by Gasteiger charge is 2.40. The molecule has 0 aromatic heterocycles. The third-order valence-electron chi connectivity index (χ3n) is 6.59. The number of carbonyl (C=O) groups is 1. The second kappa shape index (κ2) is 9.17. The number of fused-ring (bicyclic) bond motifs is 3. The minimum Gasteiger partial charge on any atom is -0.493 e. The molecular weight excluding hydrogens is 378 g/mol. The molecule has 168 valence electrons. The topological polar surface area (TPSA) is 48.0 Å². The summed E-state index contributed by atoms with van der Waals surface area (Å²) in [7, 11) is 3.38. The molecule has 0 amide bonds. The van der Waals surface area contributed by atoms with Crippen LogP contribution in [0.3, 0.4) is 0 Å². The zero-order valence-corrected chi connectivity index (χ0v) is 19.8. The Kier molecular flexibility index (Phi) is 7.01. The maximum atomic E-state index is 12.4. The van der Waals surface area contributed by atoms with E-state index in [0.717, 1.165) is 37.4 Å². The van der Waals surface area contributed by atoms with Crippen LogP contribution in [0.2, 0.25) is 0 Å². The van der Waals surface area contributed by atoms with E-state index in [1.807, 2.05) is 20.8 Å². The molecule has 1 saturated heterocycles. The van der Waals surface area contributed by atoms with Crippen molar-refractivity contribution in [3.63, 3.8) is 0 Å². The normalized spacial score (nSPS) is 24.2. The second-order valence-corrected chi connectivity index (χ2v) is 10.4. The summed E-state index contributed by atoms with van der Waals surface area (Å²) in [5.41, 5.74) is 2.23. The average Bonchev–Trinajstić information content (AvgIpc) is 2.69. The van der Waals surface area contributed by atoms with Crippen molar-refractivity contribution in [1.29, 1.82) is 0 Å². The van der Waals surface area contributed by atoms with Gasteiger partial charge in [-0.25, -0.2) is 0 Å². The third-order valence-corrected chi connectivity index (χ3v) is 6.59. The number of rotatable bonds is 6. The van der Waals surface area contributed by atoms with Gasteiger partial charge in [-0.15, -0.1) is 0 Å². The average molecular weight is 418 g/mol. The van der Waals surface area contributed by atoms with E-state index in [-0.39, 0.29) is 5.97 Å². The van der Waals surface area contributed by atoms with Crippen molar-refractivity contribution >= 4 is 5.97 Å². The number of esters is 1. The number of hydrogen-bond donors (Lipinski definition) is 0. The van der Waals surface area contributed by atoms with E-state index in [4.69, 9.17) is 14.2 Å². The Labute approximate surface area is 182 Å². The highest BCUT2D eigenvalue weighted by Crippen LogP contribution is 2.45. The zero-order chi connectivity index (χ0) is 22.1. The van der Waals surface area contributed by atoms with Crippen molar-refractivity contribution in [2.45, 2.75) is 59.9 Å². The van der Waals surface area contributed by atoms with Crippen molar-refractivity contribution < 1.29 is 19.0 Å². The summed E-state index contributed by atoms with van der Waals surface area (Å²) in [5, 5.41) is 0. The number of carbonyl (C=O) groups excluding carboxylic acids is 1. The highest BCUT2D eigenvalue weighted by molar-refractivity contribution is 5.75. The van der Waals surface area contributed by atoms with Gasteiger partial charge in [0, 0.05) is 19.1 Å². The smallest absolute Gasteiger partial charge is 0.311 e. The predicted octanol–water partition coefficient (Wildman–Crippen LogP) is 4.87. The molecular formula is C25H39NO4. The molecule has 1 aromatic carbocycles.